The Morgan fingerprint density at radius 3 is 2.75 bits per heavy atom. The van der Waals surface area contributed by atoms with E-state index in [1.165, 1.54) is 45.4 Å². The van der Waals surface area contributed by atoms with Gasteiger partial charge in [0.25, 0.3) is 0 Å². The third kappa shape index (κ3) is 1.80. The zero-order valence-electron chi connectivity index (χ0n) is 8.05. The fraction of sp³-hybridized carbons (Fsp3) is 1.00. The third-order valence-electron chi connectivity index (χ3n) is 3.43. The van der Waals surface area contributed by atoms with Crippen LogP contribution in [0.5, 0.6) is 0 Å². The minimum Gasteiger partial charge on any atom is -0.316 e. The first-order valence-electron chi connectivity index (χ1n) is 5.25. The van der Waals surface area contributed by atoms with E-state index in [1.807, 2.05) is 0 Å². The number of hydrogen-bond acceptors (Lipinski definition) is 2. The standard InChI is InChI=1S/C10H20N2/c1-12-6-4-10(8-12)9-3-2-5-11-7-9/h9-11H,2-8H2,1H3. The Balaban J connectivity index is 1.83. The normalized spacial score (nSPS) is 38.8. The molecular formula is C10H20N2. The van der Waals surface area contributed by atoms with Crippen LogP contribution in [0.4, 0.5) is 0 Å². The predicted molar refractivity (Wildman–Crippen MR) is 51.2 cm³/mol. The highest BCUT2D eigenvalue weighted by Gasteiger charge is 2.28. The molecule has 70 valence electrons. The first-order chi connectivity index (χ1) is 5.86. The van der Waals surface area contributed by atoms with Gasteiger partial charge in [0.15, 0.2) is 0 Å². The van der Waals surface area contributed by atoms with Gasteiger partial charge in [-0.25, -0.2) is 0 Å². The van der Waals surface area contributed by atoms with E-state index in [9.17, 15) is 0 Å². The van der Waals surface area contributed by atoms with Crippen molar-refractivity contribution in [3.05, 3.63) is 0 Å². The van der Waals surface area contributed by atoms with Crippen LogP contribution in [-0.4, -0.2) is 38.1 Å². The van der Waals surface area contributed by atoms with E-state index in [2.05, 4.69) is 17.3 Å². The Morgan fingerprint density at radius 1 is 1.25 bits per heavy atom. The molecule has 2 atom stereocenters. The highest BCUT2D eigenvalue weighted by atomic mass is 15.1. The van der Waals surface area contributed by atoms with Gasteiger partial charge in [-0.05, 0) is 57.8 Å². The number of likely N-dealkylation sites (tertiary alicyclic amines) is 1. The molecule has 0 aromatic carbocycles. The molecule has 2 saturated heterocycles. The van der Waals surface area contributed by atoms with Crippen molar-refractivity contribution in [1.29, 1.82) is 0 Å². The number of nitrogens with one attached hydrogen (secondary N) is 1. The van der Waals surface area contributed by atoms with E-state index in [0.29, 0.717) is 0 Å². The van der Waals surface area contributed by atoms with Crippen LogP contribution in [-0.2, 0) is 0 Å². The molecule has 2 fully saturated rings. The van der Waals surface area contributed by atoms with Gasteiger partial charge < -0.3 is 10.2 Å². The Bertz CT molecular complexity index is 138. The molecule has 2 heterocycles. The largest absolute Gasteiger partial charge is 0.316 e. The number of rotatable bonds is 1. The molecule has 2 heteroatoms. The van der Waals surface area contributed by atoms with Crippen molar-refractivity contribution in [2.45, 2.75) is 19.3 Å². The van der Waals surface area contributed by atoms with Crippen molar-refractivity contribution in [2.75, 3.05) is 33.2 Å². The topological polar surface area (TPSA) is 15.3 Å². The Morgan fingerprint density at radius 2 is 2.17 bits per heavy atom. The second-order valence-electron chi connectivity index (χ2n) is 4.42. The molecule has 2 aliphatic rings. The molecule has 2 unspecified atom stereocenters. The minimum atomic E-state index is 0.976. The van der Waals surface area contributed by atoms with E-state index in [4.69, 9.17) is 0 Å². The van der Waals surface area contributed by atoms with Crippen LogP contribution in [0, 0.1) is 11.8 Å². The van der Waals surface area contributed by atoms with Crippen molar-refractivity contribution in [3.63, 3.8) is 0 Å². The lowest BCUT2D eigenvalue weighted by atomic mass is 9.86. The van der Waals surface area contributed by atoms with Gasteiger partial charge in [0, 0.05) is 6.54 Å². The lowest BCUT2D eigenvalue weighted by Gasteiger charge is -2.27. The molecule has 2 rings (SSSR count). The molecule has 2 nitrogen and oxygen atoms in total. The van der Waals surface area contributed by atoms with Gasteiger partial charge in [-0.3, -0.25) is 0 Å². The summed E-state index contributed by atoms with van der Waals surface area (Å²) < 4.78 is 0. The SMILES string of the molecule is CN1CCC(C2CCCNC2)C1. The smallest absolute Gasteiger partial charge is 0.00102 e. The zero-order valence-corrected chi connectivity index (χ0v) is 8.05. The summed E-state index contributed by atoms with van der Waals surface area (Å²) in [7, 11) is 2.25. The van der Waals surface area contributed by atoms with Crippen molar-refractivity contribution in [1.82, 2.24) is 10.2 Å². The lowest BCUT2D eigenvalue weighted by Crippen LogP contribution is -2.34. The maximum Gasteiger partial charge on any atom is 0.00102 e. The number of hydrogen-bond donors (Lipinski definition) is 1. The van der Waals surface area contributed by atoms with Gasteiger partial charge in [0.1, 0.15) is 0 Å². The number of nitrogens with zero attached hydrogens (tertiary/aromatic N) is 1. The van der Waals surface area contributed by atoms with Gasteiger partial charge in [0.2, 0.25) is 0 Å². The average molecular weight is 168 g/mol. The summed E-state index contributed by atoms with van der Waals surface area (Å²) in [6.45, 7) is 5.19. The minimum absolute atomic E-state index is 0.976. The molecule has 0 radical (unpaired) electrons. The van der Waals surface area contributed by atoms with Gasteiger partial charge in [0.05, 0.1) is 0 Å². The van der Waals surface area contributed by atoms with Crippen LogP contribution in [0.2, 0.25) is 0 Å². The Labute approximate surface area is 75.3 Å². The van der Waals surface area contributed by atoms with E-state index in [1.54, 1.807) is 0 Å². The first kappa shape index (κ1) is 8.52. The fourth-order valence-corrected chi connectivity index (χ4v) is 2.64. The lowest BCUT2D eigenvalue weighted by molar-refractivity contribution is 0.262. The third-order valence-corrected chi connectivity index (χ3v) is 3.43. The van der Waals surface area contributed by atoms with E-state index in [-0.39, 0.29) is 0 Å². The summed E-state index contributed by atoms with van der Waals surface area (Å²) in [6, 6.07) is 0. The summed E-state index contributed by atoms with van der Waals surface area (Å²) in [6.07, 6.45) is 4.29. The molecule has 2 aliphatic heterocycles. The molecule has 0 saturated carbocycles. The number of piperidine rings is 1. The molecule has 0 aromatic heterocycles. The predicted octanol–water partition coefficient (Wildman–Crippen LogP) is 0.938. The highest BCUT2D eigenvalue weighted by molar-refractivity contribution is 4.82. The van der Waals surface area contributed by atoms with E-state index >= 15 is 0 Å². The highest BCUT2D eigenvalue weighted by Crippen LogP contribution is 2.27. The fourth-order valence-electron chi connectivity index (χ4n) is 2.64. The van der Waals surface area contributed by atoms with Crippen molar-refractivity contribution >= 4 is 0 Å². The van der Waals surface area contributed by atoms with Crippen LogP contribution in [0.3, 0.4) is 0 Å². The first-order valence-corrected chi connectivity index (χ1v) is 5.25. The quantitative estimate of drug-likeness (QED) is 0.627. The summed E-state index contributed by atoms with van der Waals surface area (Å²) in [5.41, 5.74) is 0. The van der Waals surface area contributed by atoms with Crippen molar-refractivity contribution in [3.8, 4) is 0 Å². The van der Waals surface area contributed by atoms with Crippen LogP contribution in [0.25, 0.3) is 0 Å². The summed E-state index contributed by atoms with van der Waals surface area (Å²) >= 11 is 0. The molecule has 0 amide bonds. The maximum atomic E-state index is 3.51. The Kier molecular flexibility index (Phi) is 2.66. The van der Waals surface area contributed by atoms with Crippen LogP contribution >= 0.6 is 0 Å². The molecule has 0 spiro atoms. The van der Waals surface area contributed by atoms with Crippen LogP contribution in [0.15, 0.2) is 0 Å². The molecule has 1 N–H and O–H groups in total. The molecule has 0 bridgehead atoms. The maximum absolute atomic E-state index is 3.51. The summed E-state index contributed by atoms with van der Waals surface area (Å²) in [5.74, 6) is 1.96. The summed E-state index contributed by atoms with van der Waals surface area (Å²) in [5, 5.41) is 3.51. The van der Waals surface area contributed by atoms with Gasteiger partial charge >= 0.3 is 0 Å². The molecule has 12 heavy (non-hydrogen) atoms. The Hall–Kier alpha value is -0.0800. The molecule has 0 aliphatic carbocycles. The van der Waals surface area contributed by atoms with Crippen LogP contribution < -0.4 is 5.32 Å². The second-order valence-corrected chi connectivity index (χ2v) is 4.42. The monoisotopic (exact) mass is 168 g/mol. The van der Waals surface area contributed by atoms with Crippen molar-refractivity contribution in [2.24, 2.45) is 11.8 Å². The van der Waals surface area contributed by atoms with Gasteiger partial charge in [-0.1, -0.05) is 0 Å². The molecular weight excluding hydrogens is 148 g/mol. The van der Waals surface area contributed by atoms with Crippen LogP contribution in [0.1, 0.15) is 19.3 Å². The van der Waals surface area contributed by atoms with Gasteiger partial charge in [-0.2, -0.15) is 0 Å². The summed E-state index contributed by atoms with van der Waals surface area (Å²) in [4.78, 5) is 2.47. The molecule has 0 aromatic rings. The zero-order chi connectivity index (χ0) is 8.39. The van der Waals surface area contributed by atoms with E-state index < -0.39 is 0 Å². The van der Waals surface area contributed by atoms with Crippen molar-refractivity contribution < 1.29 is 0 Å². The second kappa shape index (κ2) is 3.75. The van der Waals surface area contributed by atoms with Gasteiger partial charge in [-0.15, -0.1) is 0 Å². The van der Waals surface area contributed by atoms with E-state index in [0.717, 1.165) is 11.8 Å². The average Bonchev–Trinajstić information content (AvgIpc) is 2.54.